The van der Waals surface area contributed by atoms with Crippen LogP contribution in [0.4, 0.5) is 5.69 Å². The highest BCUT2D eigenvalue weighted by atomic mass is 32.1. The Hall–Kier alpha value is -5.22. The van der Waals surface area contributed by atoms with Gasteiger partial charge in [0.1, 0.15) is 12.3 Å². The number of benzene rings is 3. The van der Waals surface area contributed by atoms with Gasteiger partial charge in [-0.15, -0.1) is 0 Å². The van der Waals surface area contributed by atoms with Crippen LogP contribution in [-0.2, 0) is 20.9 Å². The fraction of sp³-hybridized carbons (Fsp3) is 0.222. The average Bonchev–Trinajstić information content (AvgIpc) is 3.49. The maximum Gasteiger partial charge on any atom is 0.325 e. The SMILES string of the molecule is CCOC(=O)Cn1c(C)c(/C=c2/sc3n(c2=O)C(c2ccc(OCC)cc2)C(C(=O)Nc2ccccc2)=C(C)N=3)c2ccccc21. The predicted octanol–water partition coefficient (Wildman–Crippen LogP) is 5.10. The number of hydrogen-bond donors (Lipinski definition) is 1. The summed E-state index contributed by atoms with van der Waals surface area (Å²) in [5.41, 5.74) is 4.59. The van der Waals surface area contributed by atoms with Gasteiger partial charge in [-0.05, 0) is 69.7 Å². The van der Waals surface area contributed by atoms with Crippen molar-refractivity contribution in [3.63, 3.8) is 0 Å². The minimum atomic E-state index is -0.718. The fourth-order valence-electron chi connectivity index (χ4n) is 5.87. The first kappa shape index (κ1) is 30.8. The lowest BCUT2D eigenvalue weighted by Crippen LogP contribution is -2.40. The molecule has 1 aliphatic rings. The fourth-order valence-corrected chi connectivity index (χ4v) is 6.90. The molecule has 2 aromatic heterocycles. The zero-order valence-corrected chi connectivity index (χ0v) is 26.9. The topological polar surface area (TPSA) is 104 Å². The molecule has 1 unspecified atom stereocenters. The molecule has 0 saturated heterocycles. The van der Waals surface area contributed by atoms with Gasteiger partial charge in [-0.1, -0.05) is 59.9 Å². The van der Waals surface area contributed by atoms with E-state index < -0.39 is 6.04 Å². The minimum absolute atomic E-state index is 0.0616. The van der Waals surface area contributed by atoms with Crippen LogP contribution in [0, 0.1) is 6.92 Å². The van der Waals surface area contributed by atoms with E-state index in [0.717, 1.165) is 27.7 Å². The van der Waals surface area contributed by atoms with Gasteiger partial charge in [-0.2, -0.15) is 0 Å². The van der Waals surface area contributed by atoms with Crippen LogP contribution in [0.2, 0.25) is 0 Å². The number of esters is 1. The molecule has 5 aromatic rings. The molecule has 0 aliphatic carbocycles. The van der Waals surface area contributed by atoms with E-state index in [4.69, 9.17) is 14.5 Å². The Kier molecular flexibility index (Phi) is 8.72. The molecule has 3 heterocycles. The second kappa shape index (κ2) is 13.0. The van der Waals surface area contributed by atoms with Crippen LogP contribution in [0.3, 0.4) is 0 Å². The number of aromatic nitrogens is 2. The molecule has 234 valence electrons. The molecular weight excluding hydrogens is 600 g/mol. The van der Waals surface area contributed by atoms with Crippen LogP contribution < -0.4 is 24.9 Å². The molecule has 1 aliphatic heterocycles. The first-order chi connectivity index (χ1) is 22.3. The van der Waals surface area contributed by atoms with Crippen molar-refractivity contribution in [3.8, 4) is 5.75 Å². The third-order valence-electron chi connectivity index (χ3n) is 7.95. The largest absolute Gasteiger partial charge is 0.494 e. The van der Waals surface area contributed by atoms with E-state index in [9.17, 15) is 14.4 Å². The molecule has 3 aromatic carbocycles. The number of thiazole rings is 1. The summed E-state index contributed by atoms with van der Waals surface area (Å²) in [5.74, 6) is 0.0345. The summed E-state index contributed by atoms with van der Waals surface area (Å²) >= 11 is 1.27. The standard InChI is InChI=1S/C36H34N4O5S/c1-5-44-26-18-16-24(17-19-26)33-32(34(42)38-25-12-8-7-9-13-25)22(3)37-36-40(33)35(43)30(46-36)20-28-23(4)39(21-31(41)45-6-2)29-15-11-10-14-27(28)29/h7-20,33H,5-6,21H2,1-4H3,(H,38,42)/b30-20+. The molecular formula is C36H34N4O5S. The number of allylic oxidation sites excluding steroid dienone is 1. The van der Waals surface area contributed by atoms with Crippen molar-refractivity contribution in [3.05, 3.63) is 127 Å². The lowest BCUT2D eigenvalue weighted by molar-refractivity contribution is -0.143. The Morgan fingerprint density at radius 1 is 0.957 bits per heavy atom. The van der Waals surface area contributed by atoms with Crippen molar-refractivity contribution in [1.29, 1.82) is 0 Å². The molecule has 0 saturated carbocycles. The van der Waals surface area contributed by atoms with Crippen molar-refractivity contribution in [2.45, 2.75) is 40.3 Å². The molecule has 1 atom stereocenters. The number of anilines is 1. The molecule has 0 bridgehead atoms. The zero-order chi connectivity index (χ0) is 32.4. The highest BCUT2D eigenvalue weighted by Gasteiger charge is 2.32. The first-order valence-corrected chi connectivity index (χ1v) is 16.0. The van der Waals surface area contributed by atoms with Gasteiger partial charge in [-0.3, -0.25) is 19.0 Å². The number of nitrogens with zero attached hydrogens (tertiary/aromatic N) is 3. The van der Waals surface area contributed by atoms with E-state index in [1.165, 1.54) is 11.3 Å². The summed E-state index contributed by atoms with van der Waals surface area (Å²) in [6.07, 6.45) is 1.86. The van der Waals surface area contributed by atoms with Crippen molar-refractivity contribution in [2.75, 3.05) is 18.5 Å². The summed E-state index contributed by atoms with van der Waals surface area (Å²) in [5, 5.41) is 3.90. The van der Waals surface area contributed by atoms with E-state index in [1.54, 1.807) is 18.4 Å². The summed E-state index contributed by atoms with van der Waals surface area (Å²) in [7, 11) is 0. The van der Waals surface area contributed by atoms with Gasteiger partial charge >= 0.3 is 5.97 Å². The van der Waals surface area contributed by atoms with Gasteiger partial charge in [0, 0.05) is 27.8 Å². The van der Waals surface area contributed by atoms with Gasteiger partial charge in [0.2, 0.25) is 0 Å². The van der Waals surface area contributed by atoms with Gasteiger partial charge in [-0.25, -0.2) is 4.99 Å². The van der Waals surface area contributed by atoms with Crippen LogP contribution in [0.25, 0.3) is 17.0 Å². The van der Waals surface area contributed by atoms with Crippen molar-refractivity contribution in [1.82, 2.24) is 9.13 Å². The van der Waals surface area contributed by atoms with Gasteiger partial charge in [0.05, 0.1) is 35.1 Å². The van der Waals surface area contributed by atoms with Crippen LogP contribution in [0.5, 0.6) is 5.75 Å². The Labute approximate surface area is 269 Å². The number of para-hydroxylation sites is 2. The van der Waals surface area contributed by atoms with Crippen molar-refractivity contribution < 1.29 is 19.1 Å². The van der Waals surface area contributed by atoms with E-state index in [-0.39, 0.29) is 24.0 Å². The molecule has 6 rings (SSSR count). The smallest absolute Gasteiger partial charge is 0.325 e. The van der Waals surface area contributed by atoms with Crippen LogP contribution >= 0.6 is 11.3 Å². The van der Waals surface area contributed by atoms with Crippen LogP contribution in [-0.4, -0.2) is 34.2 Å². The molecule has 0 spiro atoms. The summed E-state index contributed by atoms with van der Waals surface area (Å²) < 4.78 is 14.9. The molecule has 46 heavy (non-hydrogen) atoms. The normalized spacial score (nSPS) is 14.6. The van der Waals surface area contributed by atoms with Gasteiger partial charge in [0.25, 0.3) is 11.5 Å². The summed E-state index contributed by atoms with van der Waals surface area (Å²) in [4.78, 5) is 45.9. The Bertz CT molecular complexity index is 2160. The van der Waals surface area contributed by atoms with Crippen molar-refractivity contribution >= 4 is 45.9 Å². The Balaban J connectivity index is 1.51. The van der Waals surface area contributed by atoms with Gasteiger partial charge < -0.3 is 19.4 Å². The maximum absolute atomic E-state index is 14.3. The minimum Gasteiger partial charge on any atom is -0.494 e. The first-order valence-electron chi connectivity index (χ1n) is 15.2. The summed E-state index contributed by atoms with van der Waals surface area (Å²) in [6.45, 7) is 8.31. The molecule has 0 radical (unpaired) electrons. The number of ether oxygens (including phenoxy) is 2. The molecule has 1 N–H and O–H groups in total. The maximum atomic E-state index is 14.3. The third kappa shape index (κ3) is 5.79. The van der Waals surface area contributed by atoms with E-state index in [1.807, 2.05) is 103 Å². The van der Waals surface area contributed by atoms with Crippen molar-refractivity contribution in [2.24, 2.45) is 4.99 Å². The number of carbonyl (C=O) groups excluding carboxylic acids is 2. The number of amides is 1. The highest BCUT2D eigenvalue weighted by Crippen LogP contribution is 2.32. The summed E-state index contributed by atoms with van der Waals surface area (Å²) in [6, 6.07) is 23.7. The van der Waals surface area contributed by atoms with Crippen LogP contribution in [0.15, 0.2) is 99.9 Å². The lowest BCUT2D eigenvalue weighted by atomic mass is 9.95. The molecule has 10 heteroatoms. The number of nitrogens with one attached hydrogen (secondary N) is 1. The quantitative estimate of drug-likeness (QED) is 0.227. The third-order valence-corrected chi connectivity index (χ3v) is 8.94. The predicted molar refractivity (Wildman–Crippen MR) is 180 cm³/mol. The second-order valence-corrected chi connectivity index (χ2v) is 11.8. The highest BCUT2D eigenvalue weighted by molar-refractivity contribution is 7.07. The Morgan fingerprint density at radius 3 is 2.39 bits per heavy atom. The zero-order valence-electron chi connectivity index (χ0n) is 26.1. The molecule has 9 nitrogen and oxygen atoms in total. The monoisotopic (exact) mass is 634 g/mol. The van der Waals surface area contributed by atoms with E-state index >= 15 is 0 Å². The Morgan fingerprint density at radius 2 is 1.67 bits per heavy atom. The number of fused-ring (bicyclic) bond motifs is 2. The number of hydrogen-bond acceptors (Lipinski definition) is 7. The number of rotatable bonds is 9. The van der Waals surface area contributed by atoms with E-state index in [0.29, 0.717) is 45.3 Å². The second-order valence-electron chi connectivity index (χ2n) is 10.8. The van der Waals surface area contributed by atoms with E-state index in [2.05, 4.69) is 5.32 Å². The average molecular weight is 635 g/mol. The number of carbonyl (C=O) groups is 2. The molecule has 1 amide bonds. The molecule has 0 fully saturated rings. The lowest BCUT2D eigenvalue weighted by Gasteiger charge is -2.25. The van der Waals surface area contributed by atoms with Gasteiger partial charge in [0.15, 0.2) is 4.80 Å². The van der Waals surface area contributed by atoms with Crippen LogP contribution in [0.1, 0.15) is 43.6 Å².